The highest BCUT2D eigenvalue weighted by Gasteiger charge is 2.09. The molecule has 22 heavy (non-hydrogen) atoms. The first-order chi connectivity index (χ1) is 10.8. The van der Waals surface area contributed by atoms with E-state index in [0.29, 0.717) is 6.42 Å². The fourth-order valence-corrected chi connectivity index (χ4v) is 2.59. The second kappa shape index (κ2) is 6.58. The first kappa shape index (κ1) is 14.5. The Bertz CT molecular complexity index is 730. The number of aromatic nitrogens is 2. The standard InChI is InChI=1S/C19H20N2O/c1-2-19-20-18(16-6-4-3-5-7-16)14-21(19)17-10-8-15(9-11-17)12-13-22/h3-11,14,22H,2,12-13H2,1H3. The van der Waals surface area contributed by atoms with Gasteiger partial charge in [-0.1, -0.05) is 49.4 Å². The highest BCUT2D eigenvalue weighted by molar-refractivity contribution is 5.59. The number of rotatable bonds is 5. The molecule has 0 bridgehead atoms. The number of imidazole rings is 1. The second-order valence-electron chi connectivity index (χ2n) is 5.27. The molecule has 0 aliphatic heterocycles. The maximum atomic E-state index is 9.00. The van der Waals surface area contributed by atoms with Crippen molar-refractivity contribution in [2.24, 2.45) is 0 Å². The van der Waals surface area contributed by atoms with Gasteiger partial charge in [0.15, 0.2) is 0 Å². The number of nitrogens with zero attached hydrogens (tertiary/aromatic N) is 2. The molecule has 2 aromatic carbocycles. The van der Waals surface area contributed by atoms with Crippen molar-refractivity contribution in [3.63, 3.8) is 0 Å². The van der Waals surface area contributed by atoms with Gasteiger partial charge in [-0.3, -0.25) is 0 Å². The first-order valence-corrected chi connectivity index (χ1v) is 7.65. The van der Waals surface area contributed by atoms with Gasteiger partial charge in [0.1, 0.15) is 5.82 Å². The minimum absolute atomic E-state index is 0.183. The summed E-state index contributed by atoms with van der Waals surface area (Å²) in [5, 5.41) is 9.00. The topological polar surface area (TPSA) is 38.0 Å². The molecular formula is C19H20N2O. The summed E-state index contributed by atoms with van der Waals surface area (Å²) in [7, 11) is 0. The third kappa shape index (κ3) is 2.95. The molecule has 0 saturated heterocycles. The van der Waals surface area contributed by atoms with E-state index < -0.39 is 0 Å². The molecule has 3 rings (SSSR count). The van der Waals surface area contributed by atoms with E-state index in [4.69, 9.17) is 10.1 Å². The Kier molecular flexibility index (Phi) is 4.35. The van der Waals surface area contributed by atoms with E-state index >= 15 is 0 Å². The summed E-state index contributed by atoms with van der Waals surface area (Å²) in [4.78, 5) is 4.76. The van der Waals surface area contributed by atoms with Gasteiger partial charge in [-0.05, 0) is 24.1 Å². The molecule has 1 heterocycles. The lowest BCUT2D eigenvalue weighted by Gasteiger charge is -2.07. The van der Waals surface area contributed by atoms with Gasteiger partial charge in [0.25, 0.3) is 0 Å². The van der Waals surface area contributed by atoms with Crippen LogP contribution < -0.4 is 0 Å². The minimum atomic E-state index is 0.183. The van der Waals surface area contributed by atoms with Gasteiger partial charge in [-0.15, -0.1) is 0 Å². The summed E-state index contributed by atoms with van der Waals surface area (Å²) < 4.78 is 2.14. The predicted molar refractivity (Wildman–Crippen MR) is 89.2 cm³/mol. The lowest BCUT2D eigenvalue weighted by molar-refractivity contribution is 0.299. The highest BCUT2D eigenvalue weighted by atomic mass is 16.2. The fraction of sp³-hybridized carbons (Fsp3) is 0.211. The zero-order valence-corrected chi connectivity index (χ0v) is 12.7. The number of aryl methyl sites for hydroxylation is 1. The summed E-state index contributed by atoms with van der Waals surface area (Å²) in [5.74, 6) is 1.05. The van der Waals surface area contributed by atoms with Crippen molar-refractivity contribution >= 4 is 0 Å². The summed E-state index contributed by atoms with van der Waals surface area (Å²) >= 11 is 0. The molecule has 0 aliphatic rings. The average molecular weight is 292 g/mol. The van der Waals surface area contributed by atoms with Crippen LogP contribution in [-0.2, 0) is 12.8 Å². The minimum Gasteiger partial charge on any atom is -0.396 e. The molecule has 3 nitrogen and oxygen atoms in total. The lowest BCUT2D eigenvalue weighted by Crippen LogP contribution is -1.99. The molecule has 0 amide bonds. The molecule has 0 aliphatic carbocycles. The van der Waals surface area contributed by atoms with Crippen LogP contribution >= 0.6 is 0 Å². The third-order valence-electron chi connectivity index (χ3n) is 3.78. The van der Waals surface area contributed by atoms with Crippen LogP contribution in [0.5, 0.6) is 0 Å². The van der Waals surface area contributed by atoms with E-state index in [9.17, 15) is 0 Å². The molecule has 3 aromatic rings. The molecule has 0 spiro atoms. The van der Waals surface area contributed by atoms with E-state index in [1.165, 1.54) is 0 Å². The molecular weight excluding hydrogens is 272 g/mol. The first-order valence-electron chi connectivity index (χ1n) is 7.65. The SMILES string of the molecule is CCc1nc(-c2ccccc2)cn1-c1ccc(CCO)cc1. The Balaban J connectivity index is 1.98. The van der Waals surface area contributed by atoms with Crippen LogP contribution in [0.15, 0.2) is 60.8 Å². The number of hydrogen-bond donors (Lipinski definition) is 1. The fourth-order valence-electron chi connectivity index (χ4n) is 2.59. The average Bonchev–Trinajstić information content (AvgIpc) is 3.01. The van der Waals surface area contributed by atoms with E-state index in [-0.39, 0.29) is 6.61 Å². The second-order valence-corrected chi connectivity index (χ2v) is 5.27. The van der Waals surface area contributed by atoms with Crippen LogP contribution in [0.1, 0.15) is 18.3 Å². The zero-order chi connectivity index (χ0) is 15.4. The molecule has 0 unspecified atom stereocenters. The molecule has 0 atom stereocenters. The van der Waals surface area contributed by atoms with E-state index in [1.54, 1.807) is 0 Å². The summed E-state index contributed by atoms with van der Waals surface area (Å²) in [6.07, 6.45) is 3.67. The molecule has 0 fully saturated rings. The summed E-state index contributed by atoms with van der Waals surface area (Å²) in [6.45, 7) is 2.30. The Morgan fingerprint density at radius 2 is 1.73 bits per heavy atom. The summed E-state index contributed by atoms with van der Waals surface area (Å²) in [5.41, 5.74) is 4.38. The van der Waals surface area contributed by atoms with Gasteiger partial charge in [0, 0.05) is 30.5 Å². The maximum Gasteiger partial charge on any atom is 0.113 e. The largest absolute Gasteiger partial charge is 0.396 e. The van der Waals surface area contributed by atoms with Gasteiger partial charge in [-0.25, -0.2) is 4.98 Å². The van der Waals surface area contributed by atoms with E-state index in [0.717, 1.165) is 34.8 Å². The zero-order valence-electron chi connectivity index (χ0n) is 12.7. The molecule has 0 saturated carbocycles. The number of aliphatic hydroxyl groups is 1. The van der Waals surface area contributed by atoms with E-state index in [2.05, 4.69) is 54.1 Å². The third-order valence-corrected chi connectivity index (χ3v) is 3.78. The molecule has 112 valence electrons. The Hall–Kier alpha value is -2.39. The van der Waals surface area contributed by atoms with Crippen LogP contribution in [0.25, 0.3) is 16.9 Å². The van der Waals surface area contributed by atoms with Gasteiger partial charge in [-0.2, -0.15) is 0 Å². The van der Waals surface area contributed by atoms with Crippen molar-refractivity contribution in [2.75, 3.05) is 6.61 Å². The van der Waals surface area contributed by atoms with Gasteiger partial charge in [0.05, 0.1) is 5.69 Å². The number of aliphatic hydroxyl groups excluding tert-OH is 1. The molecule has 1 N–H and O–H groups in total. The molecule has 0 radical (unpaired) electrons. The van der Waals surface area contributed by atoms with Crippen LogP contribution in [0.4, 0.5) is 0 Å². The number of hydrogen-bond acceptors (Lipinski definition) is 2. The normalized spacial score (nSPS) is 10.8. The van der Waals surface area contributed by atoms with Gasteiger partial charge >= 0.3 is 0 Å². The van der Waals surface area contributed by atoms with Crippen molar-refractivity contribution in [1.29, 1.82) is 0 Å². The van der Waals surface area contributed by atoms with Crippen molar-refractivity contribution in [1.82, 2.24) is 9.55 Å². The van der Waals surface area contributed by atoms with Crippen LogP contribution in [0, 0.1) is 0 Å². The Labute approximate surface area is 130 Å². The van der Waals surface area contributed by atoms with E-state index in [1.807, 2.05) is 18.2 Å². The highest BCUT2D eigenvalue weighted by Crippen LogP contribution is 2.22. The lowest BCUT2D eigenvalue weighted by atomic mass is 10.1. The van der Waals surface area contributed by atoms with Crippen molar-refractivity contribution in [3.05, 3.63) is 72.2 Å². The maximum absolute atomic E-state index is 9.00. The summed E-state index contributed by atoms with van der Waals surface area (Å²) in [6, 6.07) is 18.5. The van der Waals surface area contributed by atoms with Crippen LogP contribution in [0.2, 0.25) is 0 Å². The van der Waals surface area contributed by atoms with Crippen molar-refractivity contribution in [2.45, 2.75) is 19.8 Å². The quantitative estimate of drug-likeness (QED) is 0.779. The van der Waals surface area contributed by atoms with Crippen LogP contribution in [0.3, 0.4) is 0 Å². The molecule has 3 heteroatoms. The van der Waals surface area contributed by atoms with Gasteiger partial charge < -0.3 is 9.67 Å². The predicted octanol–water partition coefficient (Wildman–Crippen LogP) is 3.64. The molecule has 1 aromatic heterocycles. The smallest absolute Gasteiger partial charge is 0.113 e. The Morgan fingerprint density at radius 1 is 1.00 bits per heavy atom. The Morgan fingerprint density at radius 3 is 2.36 bits per heavy atom. The van der Waals surface area contributed by atoms with Crippen molar-refractivity contribution < 1.29 is 5.11 Å². The van der Waals surface area contributed by atoms with Gasteiger partial charge in [0.2, 0.25) is 0 Å². The van der Waals surface area contributed by atoms with Crippen LogP contribution in [-0.4, -0.2) is 21.3 Å². The number of benzene rings is 2. The monoisotopic (exact) mass is 292 g/mol. The van der Waals surface area contributed by atoms with Crippen molar-refractivity contribution in [3.8, 4) is 16.9 Å².